The van der Waals surface area contributed by atoms with E-state index >= 15 is 0 Å². The van der Waals surface area contributed by atoms with Crippen molar-refractivity contribution in [2.24, 2.45) is 0 Å². The van der Waals surface area contributed by atoms with Crippen molar-refractivity contribution < 1.29 is 8.83 Å². The van der Waals surface area contributed by atoms with Gasteiger partial charge in [0.1, 0.15) is 22.7 Å². The van der Waals surface area contributed by atoms with Crippen molar-refractivity contribution in [3.05, 3.63) is 387 Å². The molecule has 0 spiro atoms. The lowest BCUT2D eigenvalue weighted by atomic mass is 9.82. The van der Waals surface area contributed by atoms with Crippen LogP contribution in [-0.2, 0) is 5.41 Å². The van der Waals surface area contributed by atoms with Gasteiger partial charge in [-0.25, -0.2) is 0 Å². The van der Waals surface area contributed by atoms with E-state index in [1.54, 1.807) is 0 Å². The van der Waals surface area contributed by atoms with Crippen molar-refractivity contribution >= 4 is 82.4 Å². The molecule has 0 bridgehead atoms. The Morgan fingerprint density at radius 1 is 0.248 bits per heavy atom. The van der Waals surface area contributed by atoms with E-state index in [1.165, 1.54) is 132 Å². The van der Waals surface area contributed by atoms with E-state index in [0.29, 0.717) is 0 Å². The Morgan fingerprint density at radius 2 is 0.587 bits per heavy atom. The molecule has 4 heteroatoms. The third-order valence-corrected chi connectivity index (χ3v) is 23.4. The first-order chi connectivity index (χ1) is 53.8. The Kier molecular flexibility index (Phi) is 14.0. The molecular weight excluding hydrogens is 1320 g/mol. The smallest absolute Gasteiger partial charge is 0.143 e. The zero-order chi connectivity index (χ0) is 72.0. The molecule has 3 heterocycles. The number of nitrogens with zero attached hydrogens (tertiary/aromatic N) is 2. The lowest BCUT2D eigenvalue weighted by molar-refractivity contribution is 0.635. The number of anilines is 3. The number of furan rings is 2. The summed E-state index contributed by atoms with van der Waals surface area (Å²) in [4.78, 5) is 2.37. The van der Waals surface area contributed by atoms with Gasteiger partial charge in [-0.3, -0.25) is 0 Å². The molecular formula is C105H68N2O2. The van der Waals surface area contributed by atoms with Crippen molar-refractivity contribution in [2.75, 3.05) is 4.90 Å². The Labute approximate surface area is 631 Å². The molecule has 23 rings (SSSR count). The standard InChI is InChI=1S/C57H39NO.C48H29NO/c1-57(2)51-23-13-12-21-47(51)48-33-32-42(35-52(48)57)58(40-15-4-3-5-16-40)41-30-28-37(29-31-41)36-24-26-38(27-25-36)55-53-49-22-11-10-19-45(49)44-18-8-9-20-46(44)50-34-39-14-6-7-17-43(39)56(59-55)54(50)53;1-2-12-35-33(11-1)29-42-38-15-4-3-13-36(38)37-14-5-6-18-41(37)45-46(42)48(35)50-47(45)32-23-21-30(22-24-32)31-25-27-34(28-26-31)49-43-19-9-7-16-39(43)40-17-8-10-20-44(40)49/h3-35H,1-2H3;1-29H. The van der Waals surface area contributed by atoms with Crippen LogP contribution in [0.15, 0.2) is 385 Å². The van der Waals surface area contributed by atoms with Crippen LogP contribution in [0, 0.1) is 0 Å². The van der Waals surface area contributed by atoms with Crippen LogP contribution >= 0.6 is 0 Å². The minimum absolute atomic E-state index is 0.0793. The highest BCUT2D eigenvalue weighted by molar-refractivity contribution is 6.24. The Balaban J connectivity index is 0.000000137. The maximum atomic E-state index is 7.06. The van der Waals surface area contributed by atoms with Gasteiger partial charge in [0, 0.05) is 82.7 Å². The molecule has 3 aliphatic carbocycles. The van der Waals surface area contributed by atoms with Crippen LogP contribution in [0.1, 0.15) is 25.0 Å². The molecule has 0 saturated heterocycles. The lowest BCUT2D eigenvalue weighted by Crippen LogP contribution is -2.16. The highest BCUT2D eigenvalue weighted by atomic mass is 16.3. The van der Waals surface area contributed by atoms with Gasteiger partial charge in [-0.15, -0.1) is 0 Å². The van der Waals surface area contributed by atoms with Gasteiger partial charge in [0.2, 0.25) is 0 Å². The van der Waals surface area contributed by atoms with E-state index < -0.39 is 0 Å². The summed E-state index contributed by atoms with van der Waals surface area (Å²) in [7, 11) is 0. The molecule has 510 valence electrons. The number of hydrogen-bond donors (Lipinski definition) is 0. The lowest BCUT2D eigenvalue weighted by Gasteiger charge is -2.28. The molecule has 17 aromatic carbocycles. The summed E-state index contributed by atoms with van der Waals surface area (Å²) >= 11 is 0. The van der Waals surface area contributed by atoms with Crippen LogP contribution in [0.2, 0.25) is 0 Å². The molecule has 0 atom stereocenters. The average molecular weight is 1390 g/mol. The highest BCUT2D eigenvalue weighted by Crippen LogP contribution is 2.57. The van der Waals surface area contributed by atoms with E-state index in [2.05, 4.69) is 399 Å². The van der Waals surface area contributed by atoms with Gasteiger partial charge in [0.25, 0.3) is 0 Å². The maximum Gasteiger partial charge on any atom is 0.143 e. The minimum Gasteiger partial charge on any atom is -0.455 e. The van der Waals surface area contributed by atoms with Gasteiger partial charge in [-0.2, -0.15) is 0 Å². The molecule has 0 aliphatic heterocycles. The second-order valence-electron chi connectivity index (χ2n) is 29.7. The molecule has 0 saturated carbocycles. The van der Waals surface area contributed by atoms with Crippen molar-refractivity contribution in [3.8, 4) is 128 Å². The number of rotatable bonds is 8. The zero-order valence-corrected chi connectivity index (χ0v) is 60.0. The first-order valence-corrected chi connectivity index (χ1v) is 37.7. The van der Waals surface area contributed by atoms with Crippen LogP contribution in [0.4, 0.5) is 17.1 Å². The van der Waals surface area contributed by atoms with E-state index in [9.17, 15) is 0 Å². The summed E-state index contributed by atoms with van der Waals surface area (Å²) in [6.45, 7) is 4.69. The van der Waals surface area contributed by atoms with Crippen LogP contribution in [-0.4, -0.2) is 4.57 Å². The van der Waals surface area contributed by atoms with Gasteiger partial charge < -0.3 is 18.3 Å². The molecule has 3 aliphatic rings. The minimum atomic E-state index is -0.0793. The third kappa shape index (κ3) is 9.71. The third-order valence-electron chi connectivity index (χ3n) is 23.4. The van der Waals surface area contributed by atoms with E-state index in [4.69, 9.17) is 8.83 Å². The fourth-order valence-electron chi connectivity index (χ4n) is 18.3. The molecule has 109 heavy (non-hydrogen) atoms. The molecule has 0 radical (unpaired) electrons. The Bertz CT molecular complexity index is 7040. The normalized spacial score (nSPS) is 12.6. The predicted octanol–water partition coefficient (Wildman–Crippen LogP) is 29.3. The fraction of sp³-hybridized carbons (Fsp3) is 0.0286. The van der Waals surface area contributed by atoms with Gasteiger partial charge in [0.05, 0.1) is 11.0 Å². The summed E-state index contributed by atoms with van der Waals surface area (Å²) < 4.78 is 16.4. The van der Waals surface area contributed by atoms with Crippen LogP contribution < -0.4 is 4.90 Å². The second-order valence-corrected chi connectivity index (χ2v) is 29.7. The largest absolute Gasteiger partial charge is 0.455 e. The number of benzene rings is 17. The van der Waals surface area contributed by atoms with Gasteiger partial charge in [-0.1, -0.05) is 317 Å². The topological polar surface area (TPSA) is 34.5 Å². The van der Waals surface area contributed by atoms with E-state index in [1.807, 2.05) is 0 Å². The Morgan fingerprint density at radius 3 is 1.07 bits per heavy atom. The first kappa shape index (κ1) is 62.3. The van der Waals surface area contributed by atoms with Gasteiger partial charge in [0.15, 0.2) is 0 Å². The van der Waals surface area contributed by atoms with Crippen molar-refractivity contribution in [1.82, 2.24) is 4.57 Å². The molecule has 0 N–H and O–H groups in total. The molecule has 3 aromatic heterocycles. The molecule has 4 nitrogen and oxygen atoms in total. The van der Waals surface area contributed by atoms with Crippen LogP contribution in [0.25, 0.3) is 194 Å². The quantitative estimate of drug-likeness (QED) is 0.152. The summed E-state index contributed by atoms with van der Waals surface area (Å²) in [6, 6.07) is 137. The molecule has 0 amide bonds. The van der Waals surface area contributed by atoms with Crippen LogP contribution in [0.5, 0.6) is 0 Å². The highest BCUT2D eigenvalue weighted by Gasteiger charge is 2.37. The van der Waals surface area contributed by atoms with Crippen molar-refractivity contribution in [1.29, 1.82) is 0 Å². The Hall–Kier alpha value is -14.1. The van der Waals surface area contributed by atoms with E-state index in [0.717, 1.165) is 89.6 Å². The monoisotopic (exact) mass is 1390 g/mol. The SMILES string of the molecule is CC1(C)c2ccccc2-c2ccc(N(c3ccccc3)c3ccc(-c4ccc(-c5oc6c7c(cc8ccccc86)-c6ccccc6-c6ccccc6-c57)cc4)cc3)cc21.c1ccc2c(c1)-c1ccccc1-c1c(-c3ccc(-c4ccc(-n5c6ccccc6c6ccccc65)cc4)cc3)oc3c1c-2cc1ccccc13. The van der Waals surface area contributed by atoms with Crippen molar-refractivity contribution in [2.45, 2.75) is 19.3 Å². The number of fused-ring (bicyclic) bond motifs is 20. The summed E-state index contributed by atoms with van der Waals surface area (Å²) in [5.41, 5.74) is 35.6. The van der Waals surface area contributed by atoms with E-state index in [-0.39, 0.29) is 5.41 Å². The second kappa shape index (κ2) is 24.5. The molecule has 20 aromatic rings. The van der Waals surface area contributed by atoms with Gasteiger partial charge in [-0.05, 0) is 184 Å². The zero-order valence-electron chi connectivity index (χ0n) is 60.0. The maximum absolute atomic E-state index is 7.06. The summed E-state index contributed by atoms with van der Waals surface area (Å²) in [6.07, 6.45) is 0. The predicted molar refractivity (Wildman–Crippen MR) is 456 cm³/mol. The average Bonchev–Trinajstić information content (AvgIpc) is 1.60. The van der Waals surface area contributed by atoms with Crippen molar-refractivity contribution in [3.63, 3.8) is 0 Å². The fourth-order valence-corrected chi connectivity index (χ4v) is 18.3. The molecule has 0 fully saturated rings. The summed E-state index contributed by atoms with van der Waals surface area (Å²) in [5.74, 6) is 1.81. The molecule has 0 unspecified atom stereocenters. The number of hydrogen-bond acceptors (Lipinski definition) is 3. The number of para-hydroxylation sites is 3. The van der Waals surface area contributed by atoms with Gasteiger partial charge >= 0.3 is 0 Å². The first-order valence-electron chi connectivity index (χ1n) is 37.7. The number of aromatic nitrogens is 1. The summed E-state index contributed by atoms with van der Waals surface area (Å²) in [5, 5.41) is 9.53. The van der Waals surface area contributed by atoms with Crippen LogP contribution in [0.3, 0.4) is 0 Å².